The largest absolute Gasteiger partial charge is 0.456 e. The molecule has 5 aliphatic rings. The van der Waals surface area contributed by atoms with Crippen molar-refractivity contribution in [1.29, 1.82) is 0 Å². The second-order valence-electron chi connectivity index (χ2n) is 30.9. The van der Waals surface area contributed by atoms with Crippen molar-refractivity contribution in [3.8, 4) is 77.9 Å². The molecule has 506 valence electrons. The average Bonchev–Trinajstić information content (AvgIpc) is 1.50. The Morgan fingerprint density at radius 1 is 0.262 bits per heavy atom. The third kappa shape index (κ3) is 8.91. The van der Waals surface area contributed by atoms with Crippen LogP contribution in [0.4, 0.5) is 34.1 Å². The van der Waals surface area contributed by atoms with Crippen molar-refractivity contribution in [2.24, 2.45) is 0 Å². The third-order valence-corrected chi connectivity index (χ3v) is 24.7. The number of benzene rings is 15. The highest BCUT2D eigenvalue weighted by atomic mass is 16.3. The molecule has 22 rings (SSSR count). The zero-order valence-electron chi connectivity index (χ0n) is 60.0. The van der Waals surface area contributed by atoms with Gasteiger partial charge in [-0.1, -0.05) is 282 Å². The van der Waals surface area contributed by atoms with Gasteiger partial charge in [0, 0.05) is 77.7 Å². The lowest BCUT2D eigenvalue weighted by atomic mass is 9.70. The number of anilines is 6. The van der Waals surface area contributed by atoms with Gasteiger partial charge in [0.1, 0.15) is 22.5 Å². The maximum atomic E-state index is 7.20. The predicted octanol–water partition coefficient (Wildman–Crippen LogP) is 27.7. The molecule has 0 amide bonds. The van der Waals surface area contributed by atoms with Crippen LogP contribution in [-0.4, -0.2) is 0 Å². The van der Waals surface area contributed by atoms with Crippen molar-refractivity contribution < 1.29 is 8.83 Å². The summed E-state index contributed by atoms with van der Waals surface area (Å²) in [5.74, 6) is 0.941. The normalized spacial score (nSPS) is 15.5. The van der Waals surface area contributed by atoms with Gasteiger partial charge in [-0.2, -0.15) is 0 Å². The van der Waals surface area contributed by atoms with E-state index in [-0.39, 0.29) is 10.8 Å². The number of nitrogens with zero attached hydrogens (tertiary/aromatic N) is 2. The van der Waals surface area contributed by atoms with Crippen LogP contribution < -0.4 is 9.80 Å². The first kappa shape index (κ1) is 61.5. The summed E-state index contributed by atoms with van der Waals surface area (Å²) in [6.07, 6.45) is 4.11. The van der Waals surface area contributed by atoms with Crippen LogP contribution >= 0.6 is 0 Å². The molecule has 0 aliphatic heterocycles. The molecular weight excluding hydrogens is 1300 g/mol. The van der Waals surface area contributed by atoms with E-state index in [2.05, 4.69) is 371 Å². The summed E-state index contributed by atoms with van der Waals surface area (Å²) in [5.41, 5.74) is 39.9. The minimum atomic E-state index is -0.580. The van der Waals surface area contributed by atoms with Crippen molar-refractivity contribution in [1.82, 2.24) is 0 Å². The summed E-state index contributed by atoms with van der Waals surface area (Å²) >= 11 is 0. The molecule has 1 atom stereocenters. The smallest absolute Gasteiger partial charge is 0.143 e. The first-order valence-corrected chi connectivity index (χ1v) is 37.7. The molecule has 4 nitrogen and oxygen atoms in total. The first-order valence-electron chi connectivity index (χ1n) is 37.7. The van der Waals surface area contributed by atoms with Crippen LogP contribution in [0.25, 0.3) is 122 Å². The van der Waals surface area contributed by atoms with E-state index >= 15 is 0 Å². The quantitative estimate of drug-likeness (QED) is 0.137. The number of hydrogen-bond acceptors (Lipinski definition) is 4. The van der Waals surface area contributed by atoms with Gasteiger partial charge in [0.25, 0.3) is 0 Å². The van der Waals surface area contributed by atoms with E-state index in [1.165, 1.54) is 122 Å². The van der Waals surface area contributed by atoms with Gasteiger partial charge >= 0.3 is 0 Å². The van der Waals surface area contributed by atoms with Crippen LogP contribution in [0.3, 0.4) is 0 Å². The first-order chi connectivity index (χ1) is 52.6. The number of furan rings is 2. The van der Waals surface area contributed by atoms with Gasteiger partial charge in [0.2, 0.25) is 0 Å². The summed E-state index contributed by atoms with van der Waals surface area (Å²) in [6, 6.07) is 125. The standard InChI is InChI=1S/C103H72N2O2/c1-101(2)88-34-14-8-25-76(88)80-54-50-70(60-93(80)101)104(68-46-40-64(41-47-68)74-30-20-32-85-83-29-13-19-39-97(83)106-99(74)85)69-48-42-65(43-49-69)75-31-21-33-86-84-53-44-67(59-98(84)107-100(75)86)66-45-57-92-87(58-66)79-28-11-17-37-91(79)103(92)90-36-16-10-27-78(90)82-56-52-72(62-95(82)103)105(96-38-18-12-24-73(96)63-22-6-5-7-23-63)71-51-55-81-77-26-9-15-35-89(77)102(3,4)94(81)61-71/h5-43,45-52,54-62H,44,53H2,1-4H3. The van der Waals surface area contributed by atoms with Crippen LogP contribution in [0.5, 0.6) is 0 Å². The zero-order chi connectivity index (χ0) is 71.0. The summed E-state index contributed by atoms with van der Waals surface area (Å²) < 4.78 is 13.8. The second kappa shape index (κ2) is 23.0. The maximum absolute atomic E-state index is 7.20. The molecule has 5 aliphatic carbocycles. The van der Waals surface area contributed by atoms with Crippen LogP contribution in [0.1, 0.15) is 95.5 Å². The molecule has 2 aromatic heterocycles. The second-order valence-corrected chi connectivity index (χ2v) is 30.9. The molecule has 0 fully saturated rings. The Morgan fingerprint density at radius 2 is 0.682 bits per heavy atom. The fourth-order valence-corrected chi connectivity index (χ4v) is 19.6. The van der Waals surface area contributed by atoms with Crippen LogP contribution in [-0.2, 0) is 22.7 Å². The molecule has 0 saturated heterocycles. The zero-order valence-corrected chi connectivity index (χ0v) is 60.0. The summed E-state index contributed by atoms with van der Waals surface area (Å²) in [6.45, 7) is 9.48. The van der Waals surface area contributed by atoms with Gasteiger partial charge in [0.05, 0.1) is 11.1 Å². The van der Waals surface area contributed by atoms with E-state index in [1.807, 2.05) is 6.07 Å². The van der Waals surface area contributed by atoms with Crippen molar-refractivity contribution in [2.45, 2.75) is 56.8 Å². The Bertz CT molecular complexity index is 6640. The number of rotatable bonds is 10. The number of hydrogen-bond donors (Lipinski definition) is 0. The molecule has 1 spiro atoms. The van der Waals surface area contributed by atoms with Gasteiger partial charge < -0.3 is 18.6 Å². The molecular formula is C103H72N2O2. The molecule has 15 aromatic carbocycles. The van der Waals surface area contributed by atoms with Gasteiger partial charge in [-0.15, -0.1) is 0 Å². The highest BCUT2D eigenvalue weighted by Gasteiger charge is 2.52. The molecule has 0 radical (unpaired) electrons. The van der Waals surface area contributed by atoms with Crippen molar-refractivity contribution in [2.75, 3.05) is 9.80 Å². The lowest BCUT2D eigenvalue weighted by molar-refractivity contribution is 0.597. The van der Waals surface area contributed by atoms with Crippen molar-refractivity contribution in [3.63, 3.8) is 0 Å². The monoisotopic (exact) mass is 1370 g/mol. The van der Waals surface area contributed by atoms with Gasteiger partial charge in [0.15, 0.2) is 0 Å². The van der Waals surface area contributed by atoms with Gasteiger partial charge in [-0.25, -0.2) is 0 Å². The summed E-state index contributed by atoms with van der Waals surface area (Å²) in [7, 11) is 0. The Kier molecular flexibility index (Phi) is 13.2. The van der Waals surface area contributed by atoms with E-state index < -0.39 is 5.41 Å². The van der Waals surface area contributed by atoms with E-state index in [9.17, 15) is 0 Å². The van der Waals surface area contributed by atoms with E-state index in [0.717, 1.165) is 103 Å². The molecule has 1 unspecified atom stereocenters. The number of fused-ring (bicyclic) bond motifs is 22. The van der Waals surface area contributed by atoms with E-state index in [4.69, 9.17) is 8.83 Å². The minimum Gasteiger partial charge on any atom is -0.456 e. The Hall–Kier alpha value is -13.0. The SMILES string of the molecule is CC1(C)c2ccccc2-c2ccc(N(c3ccc(-c4cccc5c6c(oc45)C=C(c4ccc5c(c4)-c4ccccc4C54c5ccccc5-c5ccc(N(c7ccc8c(c7)C(C)(C)c7ccccc7-8)c7ccccc7-c7ccccc7)cc54)CC6)cc3)c3ccc(-c4cccc5c4oc4ccccc45)cc3)cc21. The highest BCUT2D eigenvalue weighted by Crippen LogP contribution is 2.65. The summed E-state index contributed by atoms with van der Waals surface area (Å²) in [5, 5.41) is 3.43. The van der Waals surface area contributed by atoms with Crippen molar-refractivity contribution >= 4 is 78.7 Å². The maximum Gasteiger partial charge on any atom is 0.143 e. The topological polar surface area (TPSA) is 32.8 Å². The van der Waals surface area contributed by atoms with Crippen molar-refractivity contribution in [3.05, 3.63) is 395 Å². The number of aryl methyl sites for hydroxylation is 1. The Balaban J connectivity index is 0.626. The third-order valence-electron chi connectivity index (χ3n) is 24.7. The molecule has 17 aromatic rings. The van der Waals surface area contributed by atoms with Crippen LogP contribution in [0.2, 0.25) is 0 Å². The average molecular weight is 1370 g/mol. The lowest BCUT2D eigenvalue weighted by Gasteiger charge is -2.33. The summed E-state index contributed by atoms with van der Waals surface area (Å²) in [4.78, 5) is 4.94. The minimum absolute atomic E-state index is 0.165. The van der Waals surface area contributed by atoms with E-state index in [1.54, 1.807) is 0 Å². The van der Waals surface area contributed by atoms with E-state index in [0.29, 0.717) is 0 Å². The van der Waals surface area contributed by atoms with Gasteiger partial charge in [-0.3, -0.25) is 0 Å². The van der Waals surface area contributed by atoms with Gasteiger partial charge in [-0.05, 0) is 215 Å². The fourth-order valence-electron chi connectivity index (χ4n) is 19.6. The molecule has 2 heterocycles. The molecule has 0 saturated carbocycles. The molecule has 107 heavy (non-hydrogen) atoms. The molecule has 0 N–H and O–H groups in total. The lowest BCUT2D eigenvalue weighted by Crippen LogP contribution is -2.26. The predicted molar refractivity (Wildman–Crippen MR) is 443 cm³/mol. The molecule has 0 bridgehead atoms. The molecule has 4 heteroatoms. The Labute approximate surface area is 623 Å². The fraction of sp³-hybridized carbons (Fsp3) is 0.0874. The number of allylic oxidation sites excluding steroid dienone is 1. The highest BCUT2D eigenvalue weighted by molar-refractivity contribution is 6.10. The van der Waals surface area contributed by atoms with Crippen LogP contribution in [0.15, 0.2) is 342 Å². The Morgan fingerprint density at radius 3 is 1.30 bits per heavy atom. The van der Waals surface area contributed by atoms with Crippen LogP contribution in [0, 0.1) is 0 Å². The number of para-hydroxylation sites is 4.